The zero-order valence-electron chi connectivity index (χ0n) is 21.2. The number of hydrogen-bond acceptors (Lipinski definition) is 3. The van der Waals surface area contributed by atoms with Crippen molar-refractivity contribution in [3.63, 3.8) is 0 Å². The molecule has 184 valence electrons. The average molecular weight is 473 g/mol. The van der Waals surface area contributed by atoms with Gasteiger partial charge in [0.05, 0.1) is 12.2 Å². The van der Waals surface area contributed by atoms with Gasteiger partial charge in [0, 0.05) is 16.9 Å². The summed E-state index contributed by atoms with van der Waals surface area (Å²) in [6.45, 7) is 9.19. The summed E-state index contributed by atoms with van der Waals surface area (Å²) in [6, 6.07) is 22.0. The number of nitrogens with one attached hydrogen (secondary N) is 2. The molecule has 5 nitrogen and oxygen atoms in total. The molecule has 2 N–H and O–H groups in total. The van der Waals surface area contributed by atoms with Gasteiger partial charge >= 0.3 is 0 Å². The Labute approximate surface area is 208 Å². The number of carbonyl (C=O) groups excluding carboxylic acids is 2. The minimum absolute atomic E-state index is 0.0382. The second kappa shape index (κ2) is 12.2. The fourth-order valence-corrected chi connectivity index (χ4v) is 3.65. The van der Waals surface area contributed by atoms with Gasteiger partial charge in [-0.3, -0.25) is 9.59 Å². The lowest BCUT2D eigenvalue weighted by atomic mass is 9.87. The van der Waals surface area contributed by atoms with Gasteiger partial charge < -0.3 is 15.4 Å². The van der Waals surface area contributed by atoms with E-state index in [4.69, 9.17) is 4.74 Å². The van der Waals surface area contributed by atoms with Crippen LogP contribution in [0.5, 0.6) is 5.75 Å². The first kappa shape index (κ1) is 26.0. The first-order chi connectivity index (χ1) is 16.8. The molecule has 0 aliphatic heterocycles. The molecule has 0 aliphatic rings. The van der Waals surface area contributed by atoms with E-state index in [1.807, 2.05) is 42.5 Å². The van der Waals surface area contributed by atoms with Gasteiger partial charge in [0.25, 0.3) is 11.8 Å². The number of para-hydroxylation sites is 1. The monoisotopic (exact) mass is 472 g/mol. The summed E-state index contributed by atoms with van der Waals surface area (Å²) in [5.74, 6) is 0.181. The highest BCUT2D eigenvalue weighted by molar-refractivity contribution is 6.07. The molecule has 0 saturated heterocycles. The van der Waals surface area contributed by atoms with Crippen LogP contribution < -0.4 is 15.4 Å². The van der Waals surface area contributed by atoms with Crippen LogP contribution in [0, 0.1) is 0 Å². The number of ether oxygens (including phenoxy) is 1. The number of rotatable bonds is 10. The first-order valence-corrected chi connectivity index (χ1v) is 12.3. The topological polar surface area (TPSA) is 67.4 Å². The Hall–Kier alpha value is -3.60. The van der Waals surface area contributed by atoms with E-state index in [9.17, 15) is 9.59 Å². The smallest absolute Gasteiger partial charge is 0.259 e. The molecule has 0 bridgehead atoms. The van der Waals surface area contributed by atoms with Crippen LogP contribution >= 0.6 is 0 Å². The van der Waals surface area contributed by atoms with Gasteiger partial charge in [-0.25, -0.2) is 0 Å². The van der Waals surface area contributed by atoms with Crippen LogP contribution in [0.2, 0.25) is 0 Å². The van der Waals surface area contributed by atoms with Crippen molar-refractivity contribution < 1.29 is 14.3 Å². The van der Waals surface area contributed by atoms with Crippen LogP contribution in [0.15, 0.2) is 72.8 Å². The molecule has 0 spiro atoms. The predicted molar refractivity (Wildman–Crippen MR) is 144 cm³/mol. The molecule has 0 atom stereocenters. The lowest BCUT2D eigenvalue weighted by molar-refractivity contribution is 0.101. The van der Waals surface area contributed by atoms with Crippen molar-refractivity contribution in [1.82, 2.24) is 0 Å². The van der Waals surface area contributed by atoms with Crippen molar-refractivity contribution in [2.75, 3.05) is 17.2 Å². The van der Waals surface area contributed by atoms with E-state index >= 15 is 0 Å². The molecule has 0 aliphatic carbocycles. The second-order valence-electron chi connectivity index (χ2n) is 9.72. The lowest BCUT2D eigenvalue weighted by Crippen LogP contribution is -2.15. The van der Waals surface area contributed by atoms with E-state index in [0.717, 1.165) is 12.8 Å². The maximum absolute atomic E-state index is 12.9. The zero-order chi connectivity index (χ0) is 25.3. The predicted octanol–water partition coefficient (Wildman–Crippen LogP) is 7.45. The highest BCUT2D eigenvalue weighted by Crippen LogP contribution is 2.23. The van der Waals surface area contributed by atoms with E-state index < -0.39 is 0 Å². The minimum atomic E-state index is -0.232. The summed E-state index contributed by atoms with van der Waals surface area (Å²) < 4.78 is 5.86. The van der Waals surface area contributed by atoms with Crippen LogP contribution in [-0.4, -0.2) is 18.4 Å². The average Bonchev–Trinajstić information content (AvgIpc) is 2.85. The Balaban J connectivity index is 1.58. The molecule has 5 heteroatoms. The molecule has 0 saturated carbocycles. The largest absolute Gasteiger partial charge is 0.493 e. The number of hydrogen-bond donors (Lipinski definition) is 2. The molecule has 0 unspecified atom stereocenters. The normalized spacial score (nSPS) is 11.1. The molecule has 2 amide bonds. The van der Waals surface area contributed by atoms with E-state index in [2.05, 4.69) is 38.3 Å². The fraction of sp³-hybridized carbons (Fsp3) is 0.333. The number of anilines is 2. The van der Waals surface area contributed by atoms with E-state index in [0.29, 0.717) is 34.9 Å². The number of amides is 2. The molecule has 0 heterocycles. The van der Waals surface area contributed by atoms with Crippen LogP contribution in [0.4, 0.5) is 11.4 Å². The molecule has 3 aromatic rings. The lowest BCUT2D eigenvalue weighted by Gasteiger charge is -2.19. The highest BCUT2D eigenvalue weighted by atomic mass is 16.5. The van der Waals surface area contributed by atoms with Crippen molar-refractivity contribution >= 4 is 23.2 Å². The van der Waals surface area contributed by atoms with Gasteiger partial charge in [0.15, 0.2) is 0 Å². The Kier molecular flexibility index (Phi) is 9.07. The van der Waals surface area contributed by atoms with Crippen molar-refractivity contribution in [2.24, 2.45) is 0 Å². The van der Waals surface area contributed by atoms with Crippen molar-refractivity contribution in [2.45, 2.75) is 58.8 Å². The molecule has 3 rings (SSSR count). The molecule has 3 aromatic carbocycles. The molecule has 0 aromatic heterocycles. The van der Waals surface area contributed by atoms with Gasteiger partial charge in [-0.05, 0) is 65.9 Å². The van der Waals surface area contributed by atoms with Crippen molar-refractivity contribution in [3.05, 3.63) is 89.5 Å². The van der Waals surface area contributed by atoms with E-state index in [1.165, 1.54) is 18.4 Å². The summed E-state index contributed by atoms with van der Waals surface area (Å²) in [4.78, 5) is 25.5. The maximum Gasteiger partial charge on any atom is 0.259 e. The van der Waals surface area contributed by atoms with E-state index in [1.54, 1.807) is 30.3 Å². The third-order valence-corrected chi connectivity index (χ3v) is 5.80. The van der Waals surface area contributed by atoms with Crippen molar-refractivity contribution in [3.8, 4) is 5.75 Å². The number of unbranched alkanes of at least 4 members (excludes halogenated alkanes) is 3. The van der Waals surface area contributed by atoms with Gasteiger partial charge in [-0.2, -0.15) is 0 Å². The fourth-order valence-electron chi connectivity index (χ4n) is 3.65. The summed E-state index contributed by atoms with van der Waals surface area (Å²) in [7, 11) is 0. The quantitative estimate of drug-likeness (QED) is 0.301. The van der Waals surface area contributed by atoms with Crippen LogP contribution in [0.25, 0.3) is 0 Å². The Bertz CT molecular complexity index is 1110. The molecule has 0 radical (unpaired) electrons. The van der Waals surface area contributed by atoms with Gasteiger partial charge in [-0.1, -0.05) is 71.2 Å². The third kappa shape index (κ3) is 7.71. The molecular weight excluding hydrogens is 436 g/mol. The Morgan fingerprint density at radius 2 is 1.34 bits per heavy atom. The standard InChI is InChI=1S/C30H36N2O3/c1-5-6-7-10-21-35-27-12-9-8-11-26(27)29(34)32-25-19-17-24(18-20-25)31-28(33)22-13-15-23(16-14-22)30(2,3)4/h8-9,11-20H,5-7,10,21H2,1-4H3,(H,31,33)(H,32,34). The summed E-state index contributed by atoms with van der Waals surface area (Å²) in [5.41, 5.74) is 3.61. The third-order valence-electron chi connectivity index (χ3n) is 5.80. The van der Waals surface area contributed by atoms with Gasteiger partial charge in [0.1, 0.15) is 5.75 Å². The van der Waals surface area contributed by atoms with Crippen molar-refractivity contribution in [1.29, 1.82) is 0 Å². The zero-order valence-corrected chi connectivity index (χ0v) is 21.2. The Morgan fingerprint density at radius 1 is 0.743 bits per heavy atom. The maximum atomic E-state index is 12.9. The number of benzene rings is 3. The molecule has 35 heavy (non-hydrogen) atoms. The molecule has 0 fully saturated rings. The van der Waals surface area contributed by atoms with Crippen LogP contribution in [0.3, 0.4) is 0 Å². The first-order valence-electron chi connectivity index (χ1n) is 12.3. The molecular formula is C30H36N2O3. The summed E-state index contributed by atoms with van der Waals surface area (Å²) in [5, 5.41) is 5.81. The second-order valence-corrected chi connectivity index (χ2v) is 9.72. The summed E-state index contributed by atoms with van der Waals surface area (Å²) in [6.07, 6.45) is 4.45. The highest BCUT2D eigenvalue weighted by Gasteiger charge is 2.15. The van der Waals surface area contributed by atoms with E-state index in [-0.39, 0.29) is 17.2 Å². The Morgan fingerprint density at radius 3 is 1.94 bits per heavy atom. The minimum Gasteiger partial charge on any atom is -0.493 e. The number of carbonyl (C=O) groups is 2. The van der Waals surface area contributed by atoms with Gasteiger partial charge in [-0.15, -0.1) is 0 Å². The summed E-state index contributed by atoms with van der Waals surface area (Å²) >= 11 is 0. The van der Waals surface area contributed by atoms with Crippen LogP contribution in [0.1, 0.15) is 79.7 Å². The SMILES string of the molecule is CCCCCCOc1ccccc1C(=O)Nc1ccc(NC(=O)c2ccc(C(C)(C)C)cc2)cc1. The van der Waals surface area contributed by atoms with Gasteiger partial charge in [0.2, 0.25) is 0 Å². The van der Waals surface area contributed by atoms with Crippen LogP contribution in [-0.2, 0) is 5.41 Å².